The van der Waals surface area contributed by atoms with Gasteiger partial charge in [0.1, 0.15) is 0 Å². The molecule has 0 aliphatic carbocycles. The lowest BCUT2D eigenvalue weighted by Crippen LogP contribution is -2.33. The van der Waals surface area contributed by atoms with Crippen LogP contribution in [0.5, 0.6) is 5.75 Å². The zero-order valence-corrected chi connectivity index (χ0v) is 13.0. The number of halogens is 1. The van der Waals surface area contributed by atoms with Crippen LogP contribution in [-0.4, -0.2) is 37.2 Å². The normalized spacial score (nSPS) is 16.9. The highest BCUT2D eigenvalue weighted by Crippen LogP contribution is 2.29. The second-order valence-electron chi connectivity index (χ2n) is 5.77. The molecule has 1 aromatic rings. The van der Waals surface area contributed by atoms with E-state index in [2.05, 4.69) is 17.1 Å². The van der Waals surface area contributed by atoms with Crippen LogP contribution in [0.3, 0.4) is 0 Å². The molecular weight excluding hydrogens is 269 g/mol. The van der Waals surface area contributed by atoms with E-state index in [1.54, 1.807) is 6.07 Å². The van der Waals surface area contributed by atoms with Gasteiger partial charge < -0.3 is 20.7 Å². The molecule has 0 radical (unpaired) electrons. The first kappa shape index (κ1) is 15.9. The van der Waals surface area contributed by atoms with Crippen LogP contribution in [0.15, 0.2) is 12.1 Å². The van der Waals surface area contributed by atoms with Crippen molar-refractivity contribution in [3.63, 3.8) is 0 Å². The maximum Gasteiger partial charge on any atom is 0.167 e. The van der Waals surface area contributed by atoms with Gasteiger partial charge in [-0.25, -0.2) is 4.39 Å². The van der Waals surface area contributed by atoms with Gasteiger partial charge in [0, 0.05) is 24.7 Å². The summed E-state index contributed by atoms with van der Waals surface area (Å²) in [7, 11) is 0. The molecule has 0 bridgehead atoms. The molecule has 2 rings (SSSR count). The molecule has 1 aromatic carbocycles. The Kier molecular flexibility index (Phi) is 5.67. The Morgan fingerprint density at radius 2 is 2.10 bits per heavy atom. The van der Waals surface area contributed by atoms with Crippen molar-refractivity contribution in [2.75, 3.05) is 37.3 Å². The molecule has 21 heavy (non-hydrogen) atoms. The zero-order valence-electron chi connectivity index (χ0n) is 13.0. The number of benzene rings is 1. The van der Waals surface area contributed by atoms with Crippen molar-refractivity contribution < 1.29 is 9.13 Å². The molecule has 0 spiro atoms. The lowest BCUT2D eigenvalue weighted by molar-refractivity contribution is 0.301. The van der Waals surface area contributed by atoms with E-state index >= 15 is 0 Å². The number of nitrogens with zero attached hydrogens (tertiary/aromatic N) is 1. The van der Waals surface area contributed by atoms with Gasteiger partial charge in [-0.15, -0.1) is 0 Å². The van der Waals surface area contributed by atoms with Crippen LogP contribution in [0.25, 0.3) is 0 Å². The van der Waals surface area contributed by atoms with E-state index in [9.17, 15) is 4.39 Å². The first-order chi connectivity index (χ1) is 10.1. The highest BCUT2D eigenvalue weighted by molar-refractivity contribution is 5.69. The topological polar surface area (TPSA) is 50.5 Å². The average molecular weight is 295 g/mol. The quantitative estimate of drug-likeness (QED) is 0.759. The molecule has 1 aliphatic rings. The van der Waals surface area contributed by atoms with E-state index in [0.717, 1.165) is 31.7 Å². The minimum absolute atomic E-state index is 0.259. The molecule has 1 saturated heterocycles. The van der Waals surface area contributed by atoms with E-state index < -0.39 is 5.82 Å². The fraction of sp³-hybridized carbons (Fsp3) is 0.625. The lowest BCUT2D eigenvalue weighted by atomic mass is 10.2. The van der Waals surface area contributed by atoms with Gasteiger partial charge in [-0.1, -0.05) is 6.92 Å². The molecule has 0 saturated carbocycles. The number of nitrogen functional groups attached to an aromatic ring is 1. The van der Waals surface area contributed by atoms with E-state index in [-0.39, 0.29) is 11.8 Å². The number of rotatable bonds is 7. The third kappa shape index (κ3) is 4.49. The summed E-state index contributed by atoms with van der Waals surface area (Å²) < 4.78 is 19.2. The first-order valence-electron chi connectivity index (χ1n) is 7.81. The minimum atomic E-state index is -0.404. The maximum atomic E-state index is 13.8. The predicted molar refractivity (Wildman–Crippen MR) is 85.4 cm³/mol. The number of nitrogens with two attached hydrogens (primary N) is 1. The molecule has 1 unspecified atom stereocenters. The Labute approximate surface area is 126 Å². The van der Waals surface area contributed by atoms with Gasteiger partial charge >= 0.3 is 0 Å². The van der Waals surface area contributed by atoms with Crippen LogP contribution in [0.4, 0.5) is 15.8 Å². The molecule has 1 aliphatic heterocycles. The van der Waals surface area contributed by atoms with Crippen LogP contribution < -0.4 is 15.8 Å². The summed E-state index contributed by atoms with van der Waals surface area (Å²) in [4.78, 5) is 2.44. The first-order valence-corrected chi connectivity index (χ1v) is 7.81. The summed E-state index contributed by atoms with van der Waals surface area (Å²) in [6, 6.07) is 3.26. The molecule has 5 heteroatoms. The fourth-order valence-electron chi connectivity index (χ4n) is 2.68. The lowest BCUT2D eigenvalue weighted by Gasteiger charge is -2.23. The van der Waals surface area contributed by atoms with Crippen LogP contribution in [0.1, 0.15) is 33.1 Å². The number of likely N-dealkylation sites (tertiary alicyclic amines) is 1. The Morgan fingerprint density at radius 1 is 1.38 bits per heavy atom. The third-order valence-corrected chi connectivity index (χ3v) is 3.70. The Morgan fingerprint density at radius 3 is 2.76 bits per heavy atom. The molecule has 0 aromatic heterocycles. The predicted octanol–water partition coefficient (Wildman–Crippen LogP) is 3.09. The molecule has 1 fully saturated rings. The highest BCUT2D eigenvalue weighted by atomic mass is 19.1. The summed E-state index contributed by atoms with van der Waals surface area (Å²) in [6.07, 6.45) is 3.40. The largest absolute Gasteiger partial charge is 0.490 e. The van der Waals surface area contributed by atoms with Gasteiger partial charge in [-0.05, 0) is 39.3 Å². The number of hydrogen-bond acceptors (Lipinski definition) is 4. The Balaban J connectivity index is 2.00. The van der Waals surface area contributed by atoms with Crippen molar-refractivity contribution in [1.29, 1.82) is 0 Å². The van der Waals surface area contributed by atoms with E-state index in [0.29, 0.717) is 12.3 Å². The highest BCUT2D eigenvalue weighted by Gasteiger charge is 2.16. The van der Waals surface area contributed by atoms with Gasteiger partial charge in [-0.2, -0.15) is 0 Å². The van der Waals surface area contributed by atoms with Crippen molar-refractivity contribution >= 4 is 11.4 Å². The molecule has 0 amide bonds. The van der Waals surface area contributed by atoms with E-state index in [4.69, 9.17) is 10.5 Å². The van der Waals surface area contributed by atoms with Crippen LogP contribution in [0.2, 0.25) is 0 Å². The number of ether oxygens (including phenoxy) is 1. The smallest absolute Gasteiger partial charge is 0.167 e. The van der Waals surface area contributed by atoms with E-state index in [1.165, 1.54) is 18.9 Å². The van der Waals surface area contributed by atoms with Gasteiger partial charge in [0.2, 0.25) is 0 Å². The monoisotopic (exact) mass is 295 g/mol. The molecule has 4 nitrogen and oxygen atoms in total. The number of anilines is 2. The van der Waals surface area contributed by atoms with Gasteiger partial charge in [0.25, 0.3) is 0 Å². The van der Waals surface area contributed by atoms with Crippen molar-refractivity contribution in [1.82, 2.24) is 4.90 Å². The number of nitrogens with one attached hydrogen (secondary N) is 1. The van der Waals surface area contributed by atoms with Crippen LogP contribution >= 0.6 is 0 Å². The molecule has 1 heterocycles. The maximum absolute atomic E-state index is 13.8. The summed E-state index contributed by atoms with van der Waals surface area (Å²) in [5.41, 5.74) is 7.07. The van der Waals surface area contributed by atoms with Crippen molar-refractivity contribution in [3.8, 4) is 5.75 Å². The second kappa shape index (κ2) is 7.50. The fourth-order valence-corrected chi connectivity index (χ4v) is 2.68. The third-order valence-electron chi connectivity index (χ3n) is 3.70. The number of hydrogen-bond donors (Lipinski definition) is 2. The summed E-state index contributed by atoms with van der Waals surface area (Å²) in [6.45, 7) is 7.91. The van der Waals surface area contributed by atoms with Crippen molar-refractivity contribution in [2.24, 2.45) is 0 Å². The summed E-state index contributed by atoms with van der Waals surface area (Å²) >= 11 is 0. The zero-order chi connectivity index (χ0) is 15.2. The van der Waals surface area contributed by atoms with Crippen LogP contribution in [-0.2, 0) is 0 Å². The standard InChI is InChI=1S/C16H26FN3O/c1-3-8-21-16-10-15(14(18)9-13(16)17)19-12(2)11-20-6-4-5-7-20/h9-10,12,19H,3-8,11,18H2,1-2H3. The van der Waals surface area contributed by atoms with Crippen LogP contribution in [0, 0.1) is 5.82 Å². The van der Waals surface area contributed by atoms with E-state index in [1.807, 2.05) is 6.92 Å². The molecular formula is C16H26FN3O. The second-order valence-corrected chi connectivity index (χ2v) is 5.77. The Hall–Kier alpha value is -1.49. The molecule has 3 N–H and O–H groups in total. The van der Waals surface area contributed by atoms with Crippen molar-refractivity contribution in [2.45, 2.75) is 39.2 Å². The summed E-state index contributed by atoms with van der Waals surface area (Å²) in [5, 5.41) is 3.37. The average Bonchev–Trinajstić information content (AvgIpc) is 2.93. The van der Waals surface area contributed by atoms with Gasteiger partial charge in [0.05, 0.1) is 18.0 Å². The molecule has 118 valence electrons. The Bertz CT molecular complexity index is 461. The van der Waals surface area contributed by atoms with Gasteiger partial charge in [-0.3, -0.25) is 0 Å². The van der Waals surface area contributed by atoms with Gasteiger partial charge in [0.15, 0.2) is 11.6 Å². The minimum Gasteiger partial charge on any atom is -0.490 e. The SMILES string of the molecule is CCCOc1cc(NC(C)CN2CCCC2)c(N)cc1F. The van der Waals surface area contributed by atoms with Crippen molar-refractivity contribution in [3.05, 3.63) is 17.9 Å². The molecule has 1 atom stereocenters. The summed E-state index contributed by atoms with van der Waals surface area (Å²) in [5.74, 6) is -0.138.